The molecule has 0 bridgehead atoms. The minimum Gasteiger partial charge on any atom is -0.463 e. The highest BCUT2D eigenvalue weighted by molar-refractivity contribution is 7.92. The fraction of sp³-hybridized carbons (Fsp3) is 0.100. The Labute approximate surface area is 163 Å². The van der Waals surface area contributed by atoms with Crippen molar-refractivity contribution in [3.05, 3.63) is 84.3 Å². The highest BCUT2D eigenvalue weighted by atomic mass is 32.2. The number of nitrogens with one attached hydrogen (secondary N) is 1. The van der Waals surface area contributed by atoms with E-state index < -0.39 is 22.5 Å². The molecular formula is C20H19N3O4S. The van der Waals surface area contributed by atoms with Gasteiger partial charge in [0.2, 0.25) is 0 Å². The Hall–Kier alpha value is -3.39. The van der Waals surface area contributed by atoms with Gasteiger partial charge in [0.25, 0.3) is 15.9 Å². The molecule has 144 valence electrons. The second-order valence-corrected chi connectivity index (χ2v) is 7.83. The molecule has 0 saturated heterocycles. The van der Waals surface area contributed by atoms with Crippen LogP contribution in [-0.2, 0) is 14.8 Å². The summed E-state index contributed by atoms with van der Waals surface area (Å²) in [5, 5.41) is 3.79. The van der Waals surface area contributed by atoms with Gasteiger partial charge in [-0.2, -0.15) is 5.10 Å². The lowest BCUT2D eigenvalue weighted by molar-refractivity contribution is -0.119. The van der Waals surface area contributed by atoms with E-state index in [1.807, 2.05) is 6.92 Å². The summed E-state index contributed by atoms with van der Waals surface area (Å²) in [6.45, 7) is 1.45. The summed E-state index contributed by atoms with van der Waals surface area (Å²) >= 11 is 0. The number of sulfonamides is 1. The maximum absolute atomic E-state index is 13.1. The minimum absolute atomic E-state index is 0.105. The van der Waals surface area contributed by atoms with Crippen molar-refractivity contribution in [2.75, 3.05) is 10.8 Å². The highest BCUT2D eigenvalue weighted by Gasteiger charge is 2.27. The lowest BCUT2D eigenvalue weighted by Crippen LogP contribution is -2.39. The van der Waals surface area contributed by atoms with Crippen molar-refractivity contribution in [2.45, 2.75) is 11.8 Å². The Morgan fingerprint density at radius 1 is 1.07 bits per heavy atom. The predicted molar refractivity (Wildman–Crippen MR) is 107 cm³/mol. The van der Waals surface area contributed by atoms with E-state index in [0.717, 1.165) is 9.87 Å². The fourth-order valence-electron chi connectivity index (χ4n) is 2.45. The van der Waals surface area contributed by atoms with Crippen LogP contribution in [0.1, 0.15) is 11.3 Å². The smallest absolute Gasteiger partial charge is 0.264 e. The van der Waals surface area contributed by atoms with Crippen LogP contribution in [0.2, 0.25) is 0 Å². The van der Waals surface area contributed by atoms with E-state index >= 15 is 0 Å². The van der Waals surface area contributed by atoms with E-state index in [1.54, 1.807) is 54.6 Å². The Morgan fingerprint density at radius 2 is 1.79 bits per heavy atom. The zero-order chi connectivity index (χ0) is 20.0. The highest BCUT2D eigenvalue weighted by Crippen LogP contribution is 2.23. The maximum atomic E-state index is 13.1. The number of hydrazone groups is 1. The molecule has 3 aromatic rings. The van der Waals surface area contributed by atoms with Gasteiger partial charge in [-0.25, -0.2) is 13.8 Å². The van der Waals surface area contributed by atoms with E-state index in [4.69, 9.17) is 4.42 Å². The quantitative estimate of drug-likeness (QED) is 0.490. The number of carbonyl (C=O) groups is 1. The number of amides is 1. The molecular weight excluding hydrogens is 378 g/mol. The number of para-hydroxylation sites is 1. The maximum Gasteiger partial charge on any atom is 0.264 e. The number of hydrogen-bond acceptors (Lipinski definition) is 5. The molecule has 7 nitrogen and oxygen atoms in total. The second kappa shape index (κ2) is 8.53. The van der Waals surface area contributed by atoms with Crippen LogP contribution in [0.4, 0.5) is 5.69 Å². The molecule has 0 radical (unpaired) electrons. The zero-order valence-corrected chi connectivity index (χ0v) is 16.0. The van der Waals surface area contributed by atoms with Crippen LogP contribution in [-0.4, -0.2) is 27.1 Å². The first kappa shape index (κ1) is 19.4. The molecule has 2 aromatic carbocycles. The Morgan fingerprint density at radius 3 is 2.43 bits per heavy atom. The third kappa shape index (κ3) is 4.66. The van der Waals surface area contributed by atoms with Gasteiger partial charge in [-0.3, -0.25) is 9.10 Å². The molecule has 1 aromatic heterocycles. The number of benzene rings is 2. The van der Waals surface area contributed by atoms with E-state index in [0.29, 0.717) is 11.4 Å². The Balaban J connectivity index is 1.83. The largest absolute Gasteiger partial charge is 0.463 e. The van der Waals surface area contributed by atoms with E-state index in [9.17, 15) is 13.2 Å². The first-order valence-electron chi connectivity index (χ1n) is 8.47. The van der Waals surface area contributed by atoms with Crippen LogP contribution in [0, 0.1) is 6.92 Å². The average molecular weight is 397 g/mol. The summed E-state index contributed by atoms with van der Waals surface area (Å²) in [5.74, 6) is -0.116. The van der Waals surface area contributed by atoms with Gasteiger partial charge in [-0.15, -0.1) is 0 Å². The van der Waals surface area contributed by atoms with Crippen molar-refractivity contribution in [2.24, 2.45) is 5.10 Å². The van der Waals surface area contributed by atoms with Gasteiger partial charge in [-0.05, 0) is 43.3 Å². The summed E-state index contributed by atoms with van der Waals surface area (Å²) in [7, 11) is -3.93. The number of rotatable bonds is 7. The number of furan rings is 1. The van der Waals surface area contributed by atoms with Gasteiger partial charge in [0.1, 0.15) is 12.3 Å². The summed E-state index contributed by atoms with van der Waals surface area (Å²) in [4.78, 5) is 12.4. The number of carbonyl (C=O) groups excluding carboxylic acids is 1. The molecule has 1 N–H and O–H groups in total. The normalized spacial score (nSPS) is 11.5. The van der Waals surface area contributed by atoms with Crippen LogP contribution < -0.4 is 9.73 Å². The molecule has 0 aliphatic heterocycles. The average Bonchev–Trinajstić information content (AvgIpc) is 3.20. The summed E-state index contributed by atoms with van der Waals surface area (Å²) in [5.41, 5.74) is 3.64. The van der Waals surface area contributed by atoms with Crippen LogP contribution in [0.5, 0.6) is 0 Å². The first-order valence-corrected chi connectivity index (χ1v) is 9.91. The molecule has 0 aliphatic carbocycles. The van der Waals surface area contributed by atoms with Gasteiger partial charge in [0.05, 0.1) is 23.1 Å². The molecule has 28 heavy (non-hydrogen) atoms. The lowest BCUT2D eigenvalue weighted by atomic mass is 10.2. The number of nitrogens with zero attached hydrogens (tertiary/aromatic N) is 2. The van der Waals surface area contributed by atoms with Crippen molar-refractivity contribution in [3.63, 3.8) is 0 Å². The minimum atomic E-state index is -3.93. The molecule has 0 atom stereocenters. The zero-order valence-electron chi connectivity index (χ0n) is 15.1. The van der Waals surface area contributed by atoms with Crippen molar-refractivity contribution in [3.8, 4) is 0 Å². The van der Waals surface area contributed by atoms with Gasteiger partial charge in [0, 0.05) is 0 Å². The van der Waals surface area contributed by atoms with E-state index in [2.05, 4.69) is 10.5 Å². The number of anilines is 1. The van der Waals surface area contributed by atoms with Crippen LogP contribution in [0.25, 0.3) is 0 Å². The van der Waals surface area contributed by atoms with E-state index in [1.165, 1.54) is 24.6 Å². The van der Waals surface area contributed by atoms with Crippen molar-refractivity contribution < 1.29 is 17.6 Å². The molecule has 0 fully saturated rings. The summed E-state index contributed by atoms with van der Waals surface area (Å²) < 4.78 is 32.4. The van der Waals surface area contributed by atoms with Crippen molar-refractivity contribution in [1.29, 1.82) is 0 Å². The Kier molecular flexibility index (Phi) is 5.90. The van der Waals surface area contributed by atoms with E-state index in [-0.39, 0.29) is 4.90 Å². The summed E-state index contributed by atoms with van der Waals surface area (Å²) in [6, 6.07) is 18.3. The topological polar surface area (TPSA) is 92.0 Å². The van der Waals surface area contributed by atoms with Gasteiger partial charge in [-0.1, -0.05) is 35.9 Å². The molecule has 1 amide bonds. The van der Waals surface area contributed by atoms with Crippen LogP contribution in [0.15, 0.2) is 87.4 Å². The predicted octanol–water partition coefficient (Wildman–Crippen LogP) is 2.93. The third-order valence-electron chi connectivity index (χ3n) is 3.86. The van der Waals surface area contributed by atoms with Crippen molar-refractivity contribution >= 4 is 27.8 Å². The van der Waals surface area contributed by atoms with Crippen LogP contribution >= 0.6 is 0 Å². The summed E-state index contributed by atoms with van der Waals surface area (Å²) in [6.07, 6.45) is 2.81. The Bertz CT molecular complexity index is 1040. The number of aryl methyl sites for hydroxylation is 1. The molecule has 0 spiro atoms. The lowest BCUT2D eigenvalue weighted by Gasteiger charge is -2.23. The number of hydrogen-bond donors (Lipinski definition) is 1. The van der Waals surface area contributed by atoms with Gasteiger partial charge >= 0.3 is 0 Å². The molecule has 0 saturated carbocycles. The monoisotopic (exact) mass is 397 g/mol. The standard InChI is InChI=1S/C20H19N3O4S/c1-16-9-11-19(12-10-16)28(25,26)23(17-6-3-2-4-7-17)15-20(24)22-21-14-18-8-5-13-27-18/h2-14H,15H2,1H3,(H,22,24)/b21-14-. The molecule has 1 heterocycles. The molecule has 0 aliphatic rings. The van der Waals surface area contributed by atoms with Gasteiger partial charge < -0.3 is 4.42 Å². The van der Waals surface area contributed by atoms with Crippen LogP contribution in [0.3, 0.4) is 0 Å². The fourth-order valence-corrected chi connectivity index (χ4v) is 3.87. The first-order chi connectivity index (χ1) is 13.5. The second-order valence-electron chi connectivity index (χ2n) is 5.97. The third-order valence-corrected chi connectivity index (χ3v) is 5.65. The molecule has 8 heteroatoms. The van der Waals surface area contributed by atoms with Gasteiger partial charge in [0.15, 0.2) is 0 Å². The molecule has 0 unspecified atom stereocenters. The SMILES string of the molecule is Cc1ccc(S(=O)(=O)N(CC(=O)N/N=C\c2ccco2)c2ccccc2)cc1. The molecule has 3 rings (SSSR count). The van der Waals surface area contributed by atoms with Crippen molar-refractivity contribution in [1.82, 2.24) is 5.43 Å².